The average Bonchev–Trinajstić information content (AvgIpc) is 2.58. The number of hydrogen-bond acceptors (Lipinski definition) is 4. The van der Waals surface area contributed by atoms with Crippen molar-refractivity contribution in [2.24, 2.45) is 5.73 Å². The quantitative estimate of drug-likeness (QED) is 0.692. The predicted molar refractivity (Wildman–Crippen MR) is 45.3 cm³/mol. The molecule has 1 amide bonds. The molecule has 0 saturated heterocycles. The van der Waals surface area contributed by atoms with Gasteiger partial charge in [0.2, 0.25) is 5.82 Å². The van der Waals surface area contributed by atoms with Crippen LogP contribution < -0.4 is 11.1 Å². The molecule has 6 nitrogen and oxygen atoms in total. The number of nitrogens with one attached hydrogen (secondary N) is 1. The van der Waals surface area contributed by atoms with Crippen LogP contribution in [0.25, 0.3) is 0 Å². The topological polar surface area (TPSA) is 85.8 Å². The van der Waals surface area contributed by atoms with Crippen molar-refractivity contribution in [2.45, 2.75) is 18.8 Å². The Kier molecular flexibility index (Phi) is 2.34. The van der Waals surface area contributed by atoms with Crippen molar-refractivity contribution in [3.63, 3.8) is 0 Å². The highest BCUT2D eigenvalue weighted by atomic mass is 19.4. The Labute approximate surface area is 87.6 Å². The van der Waals surface area contributed by atoms with E-state index in [1.54, 1.807) is 0 Å². The summed E-state index contributed by atoms with van der Waals surface area (Å²) in [4.78, 5) is 14.3. The molecule has 0 radical (unpaired) electrons. The summed E-state index contributed by atoms with van der Waals surface area (Å²) in [5.74, 6) is -1.66. The molecule has 1 aliphatic heterocycles. The van der Waals surface area contributed by atoms with Gasteiger partial charge in [-0.2, -0.15) is 13.2 Å². The predicted octanol–water partition coefficient (Wildman–Crippen LogP) is -0.416. The van der Waals surface area contributed by atoms with Crippen LogP contribution in [0.4, 0.5) is 13.2 Å². The fourth-order valence-electron chi connectivity index (χ4n) is 1.50. The van der Waals surface area contributed by atoms with Gasteiger partial charge in [-0.05, 0) is 0 Å². The van der Waals surface area contributed by atoms with Gasteiger partial charge in [0.25, 0.3) is 5.91 Å². The second-order valence-electron chi connectivity index (χ2n) is 3.31. The molecule has 3 N–H and O–H groups in total. The molecule has 1 unspecified atom stereocenters. The number of aromatic nitrogens is 3. The first-order valence-electron chi connectivity index (χ1n) is 4.44. The Morgan fingerprint density at radius 1 is 1.56 bits per heavy atom. The van der Waals surface area contributed by atoms with Crippen molar-refractivity contribution in [3.05, 3.63) is 11.6 Å². The van der Waals surface area contributed by atoms with E-state index in [0.29, 0.717) is 0 Å². The van der Waals surface area contributed by atoms with Crippen LogP contribution in [0.2, 0.25) is 0 Å². The van der Waals surface area contributed by atoms with E-state index >= 15 is 0 Å². The Bertz CT molecular complexity index is 426. The number of carbonyl (C=O) groups is 1. The molecule has 1 atom stereocenters. The molecule has 0 saturated carbocycles. The second-order valence-corrected chi connectivity index (χ2v) is 3.31. The van der Waals surface area contributed by atoms with Gasteiger partial charge in [-0.15, -0.1) is 5.10 Å². The third-order valence-corrected chi connectivity index (χ3v) is 2.18. The van der Waals surface area contributed by atoms with Crippen molar-refractivity contribution >= 4 is 5.91 Å². The monoisotopic (exact) mass is 235 g/mol. The average molecular weight is 235 g/mol. The van der Waals surface area contributed by atoms with Crippen LogP contribution in [-0.2, 0) is 6.54 Å². The number of carbonyl (C=O) groups excluding carboxylic acids is 1. The lowest BCUT2D eigenvalue weighted by atomic mass is 10.2. The zero-order valence-electron chi connectivity index (χ0n) is 7.95. The third-order valence-electron chi connectivity index (χ3n) is 2.18. The number of fused-ring (bicyclic) bond motifs is 1. The van der Waals surface area contributed by atoms with Crippen LogP contribution >= 0.6 is 0 Å². The first kappa shape index (κ1) is 10.9. The summed E-state index contributed by atoms with van der Waals surface area (Å²) in [5.41, 5.74) is 4.90. The molecule has 1 aromatic rings. The summed E-state index contributed by atoms with van der Waals surface area (Å²) >= 11 is 0. The first-order chi connectivity index (χ1) is 7.39. The molecule has 2 rings (SSSR count). The lowest BCUT2D eigenvalue weighted by molar-refractivity contribution is -0.162. The van der Waals surface area contributed by atoms with Gasteiger partial charge in [0.1, 0.15) is 0 Å². The fraction of sp³-hybridized carbons (Fsp3) is 0.571. The minimum Gasteiger partial charge on any atom is -0.363 e. The van der Waals surface area contributed by atoms with Gasteiger partial charge in [0.15, 0.2) is 11.9 Å². The second kappa shape index (κ2) is 3.44. The van der Waals surface area contributed by atoms with Gasteiger partial charge in [0.05, 0.1) is 6.54 Å². The number of amides is 1. The minimum absolute atomic E-state index is 0.110. The van der Waals surface area contributed by atoms with Crippen molar-refractivity contribution < 1.29 is 18.0 Å². The van der Waals surface area contributed by atoms with Crippen LogP contribution in [0.15, 0.2) is 0 Å². The summed E-state index contributed by atoms with van der Waals surface area (Å²) in [6, 6.07) is -1.90. The largest absolute Gasteiger partial charge is 0.411 e. The summed E-state index contributed by atoms with van der Waals surface area (Å²) in [6.45, 7) is 0.334. The van der Waals surface area contributed by atoms with Gasteiger partial charge < -0.3 is 5.73 Å². The molecule has 88 valence electrons. The van der Waals surface area contributed by atoms with Crippen molar-refractivity contribution in [1.82, 2.24) is 20.1 Å². The number of alkyl halides is 3. The Morgan fingerprint density at radius 2 is 2.25 bits per heavy atom. The van der Waals surface area contributed by atoms with E-state index in [4.69, 9.17) is 5.73 Å². The zero-order valence-corrected chi connectivity index (χ0v) is 7.95. The highest BCUT2D eigenvalue weighted by Crippen LogP contribution is 2.32. The first-order valence-corrected chi connectivity index (χ1v) is 4.44. The maximum Gasteiger partial charge on any atom is 0.411 e. The van der Waals surface area contributed by atoms with E-state index in [1.807, 2.05) is 0 Å². The highest BCUT2D eigenvalue weighted by Gasteiger charge is 2.45. The normalized spacial score (nSPS) is 20.6. The Hall–Kier alpha value is -1.64. The van der Waals surface area contributed by atoms with E-state index in [9.17, 15) is 18.0 Å². The SMILES string of the molecule is NC(=O)c1nc2n(n1)CCNC2C(F)(F)F. The van der Waals surface area contributed by atoms with Crippen LogP contribution in [0.1, 0.15) is 22.5 Å². The van der Waals surface area contributed by atoms with E-state index in [0.717, 1.165) is 4.68 Å². The van der Waals surface area contributed by atoms with Crippen LogP contribution in [0, 0.1) is 0 Å². The van der Waals surface area contributed by atoms with Crippen LogP contribution in [-0.4, -0.2) is 33.4 Å². The maximum atomic E-state index is 12.6. The molecule has 0 aromatic carbocycles. The number of nitrogens with zero attached hydrogens (tertiary/aromatic N) is 3. The molecule has 1 aliphatic rings. The lowest BCUT2D eigenvalue weighted by Crippen LogP contribution is -2.42. The summed E-state index contributed by atoms with van der Waals surface area (Å²) < 4.78 is 38.8. The van der Waals surface area contributed by atoms with Gasteiger partial charge in [-0.1, -0.05) is 0 Å². The van der Waals surface area contributed by atoms with Crippen LogP contribution in [0.3, 0.4) is 0 Å². The third kappa shape index (κ3) is 1.73. The Balaban J connectivity index is 2.42. The standard InChI is InChI=1S/C7H8F3N5O/c8-7(9,10)3-6-13-5(4(11)16)14-15(6)2-1-12-3/h3,12H,1-2H2,(H2,11,16). The molecule has 0 fully saturated rings. The van der Waals surface area contributed by atoms with Crippen LogP contribution in [0.5, 0.6) is 0 Å². The summed E-state index contributed by atoms with van der Waals surface area (Å²) in [7, 11) is 0. The van der Waals surface area contributed by atoms with E-state index in [-0.39, 0.29) is 18.9 Å². The van der Waals surface area contributed by atoms with Gasteiger partial charge in [-0.25, -0.2) is 9.67 Å². The zero-order chi connectivity index (χ0) is 11.9. The molecular weight excluding hydrogens is 227 g/mol. The molecule has 1 aromatic heterocycles. The number of hydrogen-bond donors (Lipinski definition) is 2. The van der Waals surface area contributed by atoms with Crippen molar-refractivity contribution in [3.8, 4) is 0 Å². The summed E-state index contributed by atoms with van der Waals surface area (Å²) in [5, 5.41) is 5.87. The number of primary amides is 1. The molecular formula is C7H8F3N5O. The Morgan fingerprint density at radius 3 is 2.81 bits per heavy atom. The van der Waals surface area contributed by atoms with Gasteiger partial charge in [0, 0.05) is 6.54 Å². The molecule has 0 spiro atoms. The van der Waals surface area contributed by atoms with Gasteiger partial charge in [-0.3, -0.25) is 10.1 Å². The molecule has 0 aliphatic carbocycles. The number of halogens is 3. The van der Waals surface area contributed by atoms with Crippen molar-refractivity contribution in [1.29, 1.82) is 0 Å². The van der Waals surface area contributed by atoms with E-state index < -0.39 is 23.9 Å². The number of rotatable bonds is 1. The fourth-order valence-corrected chi connectivity index (χ4v) is 1.50. The lowest BCUT2D eigenvalue weighted by Gasteiger charge is -2.25. The van der Waals surface area contributed by atoms with Crippen molar-refractivity contribution in [2.75, 3.05) is 6.54 Å². The van der Waals surface area contributed by atoms with E-state index in [2.05, 4.69) is 15.4 Å². The number of nitrogens with two attached hydrogens (primary N) is 1. The maximum absolute atomic E-state index is 12.6. The molecule has 2 heterocycles. The molecule has 16 heavy (non-hydrogen) atoms. The van der Waals surface area contributed by atoms with Gasteiger partial charge >= 0.3 is 6.18 Å². The minimum atomic E-state index is -4.47. The molecule has 9 heteroatoms. The summed E-state index contributed by atoms with van der Waals surface area (Å²) in [6.07, 6.45) is -4.47. The smallest absolute Gasteiger partial charge is 0.363 e. The highest BCUT2D eigenvalue weighted by molar-refractivity contribution is 5.88. The molecule has 0 bridgehead atoms. The van der Waals surface area contributed by atoms with E-state index in [1.165, 1.54) is 0 Å².